The third-order valence-corrected chi connectivity index (χ3v) is 4.97. The summed E-state index contributed by atoms with van der Waals surface area (Å²) in [5.74, 6) is 0.400. The van der Waals surface area contributed by atoms with Crippen molar-refractivity contribution in [3.8, 4) is 11.5 Å². The Morgan fingerprint density at radius 3 is 2.68 bits per heavy atom. The van der Waals surface area contributed by atoms with E-state index < -0.39 is 18.0 Å². The summed E-state index contributed by atoms with van der Waals surface area (Å²) < 4.78 is 16.9. The molecule has 1 unspecified atom stereocenters. The number of amides is 2. The molecule has 2 N–H and O–H groups in total. The van der Waals surface area contributed by atoms with Crippen LogP contribution in [0, 0.1) is 0 Å². The lowest BCUT2D eigenvalue weighted by atomic mass is 9.94. The second-order valence-electron chi connectivity index (χ2n) is 7.00. The zero-order valence-corrected chi connectivity index (χ0v) is 18.4. The van der Waals surface area contributed by atoms with Crippen LogP contribution in [0.4, 0.5) is 4.79 Å². The predicted molar refractivity (Wildman–Crippen MR) is 117 cm³/mol. The first-order chi connectivity index (χ1) is 14.9. The lowest BCUT2D eigenvalue weighted by molar-refractivity contribution is -0.139. The first kappa shape index (κ1) is 22.5. The number of methoxy groups -OCH3 is 1. The molecule has 0 saturated heterocycles. The normalized spacial score (nSPS) is 15.7. The lowest BCUT2D eigenvalue weighted by Crippen LogP contribution is -2.45. The summed E-state index contributed by atoms with van der Waals surface area (Å²) in [6, 6.07) is 11.5. The molecular weight excluding hydrogens is 420 g/mol. The molecular formula is C23H25ClN2O5. The Morgan fingerprint density at radius 1 is 1.19 bits per heavy atom. The van der Waals surface area contributed by atoms with Gasteiger partial charge in [0.05, 0.1) is 25.3 Å². The van der Waals surface area contributed by atoms with Crippen LogP contribution >= 0.6 is 11.6 Å². The summed E-state index contributed by atoms with van der Waals surface area (Å²) in [5.41, 5.74) is 2.19. The first-order valence-electron chi connectivity index (χ1n) is 9.94. The highest BCUT2D eigenvalue weighted by atomic mass is 35.5. The Bertz CT molecular complexity index is 1010. The first-order valence-corrected chi connectivity index (χ1v) is 10.3. The molecule has 0 spiro atoms. The van der Waals surface area contributed by atoms with E-state index in [9.17, 15) is 9.59 Å². The standard InChI is InChI=1S/C23H25ClN2O5/c1-4-11-30-22(27)19-14(2)25-23(28)26-20(19)17-9-6-10-18(29-3)21(17)31-13-15-7-5-8-16(24)12-15/h5-10,12,20H,4,11,13H2,1-3H3,(H2,25,26,28). The molecule has 3 rings (SSSR count). The number of para-hydroxylation sites is 1. The molecule has 2 aromatic rings. The largest absolute Gasteiger partial charge is 0.493 e. The monoisotopic (exact) mass is 444 g/mol. The number of esters is 1. The smallest absolute Gasteiger partial charge is 0.338 e. The van der Waals surface area contributed by atoms with Crippen LogP contribution in [0.15, 0.2) is 53.7 Å². The van der Waals surface area contributed by atoms with E-state index in [1.807, 2.05) is 19.1 Å². The van der Waals surface area contributed by atoms with Crippen LogP contribution < -0.4 is 20.1 Å². The molecule has 0 aromatic heterocycles. The van der Waals surface area contributed by atoms with Crippen LogP contribution in [-0.2, 0) is 16.1 Å². The molecule has 31 heavy (non-hydrogen) atoms. The van der Waals surface area contributed by atoms with Crippen molar-refractivity contribution in [2.45, 2.75) is 32.9 Å². The molecule has 0 fully saturated rings. The van der Waals surface area contributed by atoms with Crippen LogP contribution in [0.5, 0.6) is 11.5 Å². The highest BCUT2D eigenvalue weighted by Crippen LogP contribution is 2.39. The van der Waals surface area contributed by atoms with Crippen LogP contribution in [-0.4, -0.2) is 25.7 Å². The number of urea groups is 1. The van der Waals surface area contributed by atoms with E-state index in [2.05, 4.69) is 10.6 Å². The zero-order chi connectivity index (χ0) is 22.4. The molecule has 164 valence electrons. The molecule has 2 aromatic carbocycles. The van der Waals surface area contributed by atoms with Crippen molar-refractivity contribution in [2.75, 3.05) is 13.7 Å². The number of allylic oxidation sites excluding steroid dienone is 1. The van der Waals surface area contributed by atoms with Crippen LogP contribution in [0.2, 0.25) is 5.02 Å². The zero-order valence-electron chi connectivity index (χ0n) is 17.7. The number of ether oxygens (including phenoxy) is 3. The highest BCUT2D eigenvalue weighted by molar-refractivity contribution is 6.30. The Balaban J connectivity index is 2.00. The van der Waals surface area contributed by atoms with Gasteiger partial charge in [-0.1, -0.05) is 42.8 Å². The predicted octanol–water partition coefficient (Wildman–Crippen LogP) is 4.51. The molecule has 8 heteroatoms. The third-order valence-electron chi connectivity index (χ3n) is 4.74. The second-order valence-corrected chi connectivity index (χ2v) is 7.44. The number of carbonyl (C=O) groups excluding carboxylic acids is 2. The Labute approximate surface area is 186 Å². The molecule has 1 aliphatic rings. The SMILES string of the molecule is CCCOC(=O)C1=C(C)NC(=O)NC1c1cccc(OC)c1OCc1cccc(Cl)c1. The fourth-order valence-corrected chi connectivity index (χ4v) is 3.54. The van der Waals surface area contributed by atoms with E-state index in [-0.39, 0.29) is 13.2 Å². The van der Waals surface area contributed by atoms with Gasteiger partial charge in [0.1, 0.15) is 6.61 Å². The minimum Gasteiger partial charge on any atom is -0.493 e. The number of benzene rings is 2. The maximum absolute atomic E-state index is 12.8. The summed E-state index contributed by atoms with van der Waals surface area (Å²) in [6.45, 7) is 4.09. The van der Waals surface area contributed by atoms with E-state index in [0.717, 1.165) is 5.56 Å². The van der Waals surface area contributed by atoms with Crippen molar-refractivity contribution >= 4 is 23.6 Å². The number of rotatable bonds is 8. The highest BCUT2D eigenvalue weighted by Gasteiger charge is 2.34. The van der Waals surface area contributed by atoms with Gasteiger partial charge < -0.3 is 24.8 Å². The van der Waals surface area contributed by atoms with Crippen molar-refractivity contribution in [1.29, 1.82) is 0 Å². The van der Waals surface area contributed by atoms with Gasteiger partial charge >= 0.3 is 12.0 Å². The maximum atomic E-state index is 12.8. The molecule has 0 bridgehead atoms. The summed E-state index contributed by atoms with van der Waals surface area (Å²) in [4.78, 5) is 25.0. The van der Waals surface area contributed by atoms with Gasteiger partial charge in [0.25, 0.3) is 0 Å². The Kier molecular flexibility index (Phi) is 7.41. The topological polar surface area (TPSA) is 85.9 Å². The van der Waals surface area contributed by atoms with E-state index in [0.29, 0.717) is 39.8 Å². The number of carbonyl (C=O) groups is 2. The summed E-state index contributed by atoms with van der Waals surface area (Å²) in [5, 5.41) is 6.05. The number of nitrogens with one attached hydrogen (secondary N) is 2. The van der Waals surface area contributed by atoms with Gasteiger partial charge in [-0.3, -0.25) is 0 Å². The molecule has 0 saturated carbocycles. The molecule has 1 aliphatic heterocycles. The van der Waals surface area contributed by atoms with Crippen molar-refractivity contribution in [3.63, 3.8) is 0 Å². The summed E-state index contributed by atoms with van der Waals surface area (Å²) in [7, 11) is 1.53. The summed E-state index contributed by atoms with van der Waals surface area (Å²) >= 11 is 6.07. The number of hydrogen-bond acceptors (Lipinski definition) is 5. The molecule has 0 radical (unpaired) electrons. The van der Waals surface area contributed by atoms with Crippen molar-refractivity contribution < 1.29 is 23.8 Å². The van der Waals surface area contributed by atoms with Gasteiger partial charge in [0, 0.05) is 16.3 Å². The lowest BCUT2D eigenvalue weighted by Gasteiger charge is -2.29. The Hall–Kier alpha value is -3.19. The minimum atomic E-state index is -0.762. The van der Waals surface area contributed by atoms with E-state index in [4.69, 9.17) is 25.8 Å². The average Bonchev–Trinajstić information content (AvgIpc) is 2.75. The Morgan fingerprint density at radius 2 is 1.97 bits per heavy atom. The van der Waals surface area contributed by atoms with Crippen molar-refractivity contribution in [1.82, 2.24) is 10.6 Å². The molecule has 1 heterocycles. The fourth-order valence-electron chi connectivity index (χ4n) is 3.33. The van der Waals surface area contributed by atoms with E-state index in [1.54, 1.807) is 37.3 Å². The van der Waals surface area contributed by atoms with E-state index >= 15 is 0 Å². The molecule has 0 aliphatic carbocycles. The molecule has 2 amide bonds. The van der Waals surface area contributed by atoms with Gasteiger partial charge in [0.2, 0.25) is 0 Å². The number of halogens is 1. The average molecular weight is 445 g/mol. The fraction of sp³-hybridized carbons (Fsp3) is 0.304. The summed E-state index contributed by atoms with van der Waals surface area (Å²) in [6.07, 6.45) is 0.690. The second kappa shape index (κ2) is 10.2. The van der Waals surface area contributed by atoms with Gasteiger partial charge in [-0.25, -0.2) is 9.59 Å². The van der Waals surface area contributed by atoms with Gasteiger partial charge in [-0.2, -0.15) is 0 Å². The number of hydrogen-bond donors (Lipinski definition) is 2. The van der Waals surface area contributed by atoms with Crippen LogP contribution in [0.25, 0.3) is 0 Å². The van der Waals surface area contributed by atoms with Gasteiger partial charge in [0.15, 0.2) is 11.5 Å². The van der Waals surface area contributed by atoms with E-state index in [1.165, 1.54) is 7.11 Å². The van der Waals surface area contributed by atoms with Gasteiger partial charge in [-0.05, 0) is 37.1 Å². The van der Waals surface area contributed by atoms with Crippen LogP contribution in [0.1, 0.15) is 37.4 Å². The third kappa shape index (κ3) is 5.30. The van der Waals surface area contributed by atoms with Crippen molar-refractivity contribution in [3.05, 3.63) is 69.9 Å². The minimum absolute atomic E-state index is 0.227. The maximum Gasteiger partial charge on any atom is 0.338 e. The molecule has 7 nitrogen and oxygen atoms in total. The van der Waals surface area contributed by atoms with Crippen LogP contribution in [0.3, 0.4) is 0 Å². The molecule has 1 atom stereocenters. The van der Waals surface area contributed by atoms with Gasteiger partial charge in [-0.15, -0.1) is 0 Å². The quantitative estimate of drug-likeness (QED) is 0.585. The van der Waals surface area contributed by atoms with Crippen molar-refractivity contribution in [2.24, 2.45) is 0 Å².